The molecule has 0 radical (unpaired) electrons. The van der Waals surface area contributed by atoms with Crippen molar-refractivity contribution in [1.29, 1.82) is 5.26 Å². The largest absolute Gasteiger partial charge is 0.493 e. The summed E-state index contributed by atoms with van der Waals surface area (Å²) >= 11 is 4.57. The third-order valence-corrected chi connectivity index (χ3v) is 7.18. The molecular formula is C29H24BrN3O3S. The first-order valence-electron chi connectivity index (χ1n) is 11.6. The Hall–Kier alpha value is -3.93. The summed E-state index contributed by atoms with van der Waals surface area (Å²) in [6.07, 6.45) is 1.73. The van der Waals surface area contributed by atoms with Crippen molar-refractivity contribution in [2.45, 2.75) is 20.8 Å². The van der Waals surface area contributed by atoms with Crippen LogP contribution in [0.5, 0.6) is 5.75 Å². The lowest BCUT2D eigenvalue weighted by molar-refractivity contribution is -0.111. The van der Waals surface area contributed by atoms with Crippen LogP contribution in [0, 0.1) is 25.2 Å². The molecule has 1 aromatic heterocycles. The molecule has 4 aromatic rings. The predicted octanol–water partition coefficient (Wildman–Crippen LogP) is 4.82. The Kier molecular flexibility index (Phi) is 8.07. The fourth-order valence-corrected chi connectivity index (χ4v) is 5.24. The van der Waals surface area contributed by atoms with Gasteiger partial charge in [-0.2, -0.15) is 5.26 Å². The number of rotatable bonds is 6. The quantitative estimate of drug-likeness (QED) is 0.358. The molecule has 0 fully saturated rings. The van der Waals surface area contributed by atoms with Crippen LogP contribution in [0.15, 0.2) is 76.0 Å². The summed E-state index contributed by atoms with van der Waals surface area (Å²) in [7, 11) is 0. The highest BCUT2D eigenvalue weighted by atomic mass is 79.9. The molecular weight excluding hydrogens is 550 g/mol. The monoisotopic (exact) mass is 573 g/mol. The number of amides is 1. The van der Waals surface area contributed by atoms with Gasteiger partial charge in [0.15, 0.2) is 5.57 Å². The number of halogens is 1. The Labute approximate surface area is 226 Å². The topological polar surface area (TPSA) is 84.1 Å². The zero-order valence-corrected chi connectivity index (χ0v) is 22.9. The molecule has 0 atom stereocenters. The molecule has 4 rings (SSSR count). The summed E-state index contributed by atoms with van der Waals surface area (Å²) in [5.41, 5.74) is 3.25. The first-order chi connectivity index (χ1) is 17.8. The Morgan fingerprint density at radius 1 is 1.14 bits per heavy atom. The lowest BCUT2D eigenvalue weighted by Gasteiger charge is -2.09. The van der Waals surface area contributed by atoms with E-state index in [1.54, 1.807) is 30.3 Å². The van der Waals surface area contributed by atoms with E-state index in [0.29, 0.717) is 33.8 Å². The minimum Gasteiger partial charge on any atom is -0.493 e. The minimum absolute atomic E-state index is 0.147. The zero-order valence-electron chi connectivity index (χ0n) is 20.5. The molecule has 0 aliphatic carbocycles. The molecule has 0 unspecified atom stereocenters. The Balaban J connectivity index is 1.98. The Bertz CT molecular complexity index is 1700. The third kappa shape index (κ3) is 5.74. The second kappa shape index (κ2) is 11.4. The molecule has 1 amide bonds. The van der Waals surface area contributed by atoms with Crippen LogP contribution >= 0.6 is 27.3 Å². The number of anilines is 1. The van der Waals surface area contributed by atoms with Crippen molar-refractivity contribution in [3.05, 3.63) is 107 Å². The van der Waals surface area contributed by atoms with E-state index >= 15 is 0 Å². The van der Waals surface area contributed by atoms with E-state index in [1.807, 2.05) is 69.3 Å². The number of ether oxygens (including phenoxy) is 1. The molecule has 186 valence electrons. The van der Waals surface area contributed by atoms with Crippen LogP contribution in [0.4, 0.5) is 5.69 Å². The van der Waals surface area contributed by atoms with E-state index in [0.717, 1.165) is 26.9 Å². The summed E-state index contributed by atoms with van der Waals surface area (Å²) in [6.45, 7) is 6.17. The SMILES string of the molecule is CCOc1ccc(Br)cc1C=c1sc(=C(C#N)C(=O)Nc2cc(C)ccc2C)n(-c2ccccc2)c1=O. The van der Waals surface area contributed by atoms with Crippen molar-refractivity contribution in [3.8, 4) is 17.5 Å². The fourth-order valence-electron chi connectivity index (χ4n) is 3.77. The molecule has 6 nitrogen and oxygen atoms in total. The standard InChI is InChI=1S/C29H24BrN3O3S/c1-4-36-25-13-12-21(30)15-20(25)16-26-28(35)33(22-8-6-5-7-9-22)29(37-26)23(17-31)27(34)32-24-14-18(2)10-11-19(24)3/h5-16H,4H2,1-3H3,(H,32,34). The predicted molar refractivity (Wildman–Crippen MR) is 152 cm³/mol. The number of benzene rings is 3. The van der Waals surface area contributed by atoms with Gasteiger partial charge in [-0.05, 0) is 74.4 Å². The van der Waals surface area contributed by atoms with Crippen LogP contribution in [0.1, 0.15) is 23.6 Å². The lowest BCUT2D eigenvalue weighted by atomic mass is 10.1. The number of hydrogen-bond donors (Lipinski definition) is 1. The van der Waals surface area contributed by atoms with E-state index < -0.39 is 5.91 Å². The van der Waals surface area contributed by atoms with Crippen LogP contribution in [0.3, 0.4) is 0 Å². The van der Waals surface area contributed by atoms with E-state index in [-0.39, 0.29) is 15.8 Å². The number of hydrogen-bond acceptors (Lipinski definition) is 5. The highest BCUT2D eigenvalue weighted by Crippen LogP contribution is 2.24. The van der Waals surface area contributed by atoms with E-state index in [1.165, 1.54) is 4.57 Å². The van der Waals surface area contributed by atoms with Crippen molar-refractivity contribution in [2.24, 2.45) is 0 Å². The molecule has 0 spiro atoms. The van der Waals surface area contributed by atoms with Crippen molar-refractivity contribution in [1.82, 2.24) is 4.57 Å². The first-order valence-corrected chi connectivity index (χ1v) is 13.2. The number of aryl methyl sites for hydroxylation is 2. The molecule has 8 heteroatoms. The number of nitriles is 1. The average Bonchev–Trinajstić information content (AvgIpc) is 3.19. The van der Waals surface area contributed by atoms with Crippen LogP contribution in [-0.2, 0) is 4.79 Å². The van der Waals surface area contributed by atoms with Gasteiger partial charge >= 0.3 is 0 Å². The maximum Gasteiger partial charge on any atom is 0.273 e. The molecule has 37 heavy (non-hydrogen) atoms. The maximum atomic E-state index is 13.7. The van der Waals surface area contributed by atoms with Crippen LogP contribution < -0.4 is 24.8 Å². The third-order valence-electron chi connectivity index (χ3n) is 5.59. The van der Waals surface area contributed by atoms with E-state index in [4.69, 9.17) is 4.74 Å². The Morgan fingerprint density at radius 3 is 2.59 bits per heavy atom. The first kappa shape index (κ1) is 26.1. The molecule has 0 aliphatic heterocycles. The molecule has 0 aliphatic rings. The van der Waals surface area contributed by atoms with Gasteiger partial charge in [-0.15, -0.1) is 11.3 Å². The molecule has 0 saturated heterocycles. The summed E-state index contributed by atoms with van der Waals surface area (Å²) in [4.78, 5) is 27.0. The summed E-state index contributed by atoms with van der Waals surface area (Å²) < 4.78 is 8.60. The van der Waals surface area contributed by atoms with Crippen molar-refractivity contribution < 1.29 is 9.53 Å². The highest BCUT2D eigenvalue weighted by molar-refractivity contribution is 9.10. The Morgan fingerprint density at radius 2 is 1.89 bits per heavy atom. The number of para-hydroxylation sites is 1. The number of carbonyl (C=O) groups is 1. The second-order valence-electron chi connectivity index (χ2n) is 8.27. The van der Waals surface area contributed by atoms with Crippen molar-refractivity contribution in [3.63, 3.8) is 0 Å². The molecule has 0 bridgehead atoms. The van der Waals surface area contributed by atoms with Gasteiger partial charge in [-0.25, -0.2) is 0 Å². The van der Waals surface area contributed by atoms with Crippen LogP contribution in [-0.4, -0.2) is 17.1 Å². The number of aromatic nitrogens is 1. The van der Waals surface area contributed by atoms with Gasteiger partial charge in [-0.3, -0.25) is 14.2 Å². The van der Waals surface area contributed by atoms with Gasteiger partial charge in [0.2, 0.25) is 0 Å². The summed E-state index contributed by atoms with van der Waals surface area (Å²) in [5, 5.41) is 12.9. The fraction of sp³-hybridized carbons (Fsp3) is 0.138. The van der Waals surface area contributed by atoms with E-state index in [2.05, 4.69) is 21.2 Å². The minimum atomic E-state index is -0.578. The number of thiazole rings is 1. The number of nitrogens with one attached hydrogen (secondary N) is 1. The smallest absolute Gasteiger partial charge is 0.273 e. The normalized spacial score (nSPS) is 12.1. The molecule has 3 aromatic carbocycles. The van der Waals surface area contributed by atoms with Gasteiger partial charge < -0.3 is 10.1 Å². The van der Waals surface area contributed by atoms with E-state index in [9.17, 15) is 14.9 Å². The van der Waals surface area contributed by atoms with Crippen LogP contribution in [0.25, 0.3) is 17.3 Å². The summed E-state index contributed by atoms with van der Waals surface area (Å²) in [5.74, 6) is 0.0506. The number of nitrogens with zero attached hydrogens (tertiary/aromatic N) is 2. The molecule has 1 heterocycles. The highest BCUT2D eigenvalue weighted by Gasteiger charge is 2.18. The summed E-state index contributed by atoms with van der Waals surface area (Å²) in [6, 6.07) is 22.3. The van der Waals surface area contributed by atoms with Crippen LogP contribution in [0.2, 0.25) is 0 Å². The zero-order chi connectivity index (χ0) is 26.5. The van der Waals surface area contributed by atoms with Gasteiger partial charge in [-0.1, -0.05) is 46.3 Å². The van der Waals surface area contributed by atoms with Gasteiger partial charge in [0, 0.05) is 15.7 Å². The second-order valence-corrected chi connectivity index (χ2v) is 10.2. The van der Waals surface area contributed by atoms with Crippen molar-refractivity contribution >= 4 is 50.5 Å². The van der Waals surface area contributed by atoms with Gasteiger partial charge in [0.1, 0.15) is 16.5 Å². The molecule has 1 N–H and O–H groups in total. The number of carbonyl (C=O) groups excluding carboxylic acids is 1. The van der Waals surface area contributed by atoms with Gasteiger partial charge in [0.25, 0.3) is 11.5 Å². The molecule has 0 saturated carbocycles. The maximum absolute atomic E-state index is 13.7. The average molecular weight is 575 g/mol. The van der Waals surface area contributed by atoms with Crippen molar-refractivity contribution in [2.75, 3.05) is 11.9 Å². The lowest BCUT2D eigenvalue weighted by Crippen LogP contribution is -2.32. The van der Waals surface area contributed by atoms with Gasteiger partial charge in [0.05, 0.1) is 16.8 Å².